The molecule has 0 spiro atoms. The lowest BCUT2D eigenvalue weighted by atomic mass is 10.1. The summed E-state index contributed by atoms with van der Waals surface area (Å²) in [6.07, 6.45) is 7.65. The average molecular weight is 329 g/mol. The second-order valence-electron chi connectivity index (χ2n) is 6.32. The van der Waals surface area contributed by atoms with Crippen LogP contribution >= 0.6 is 0 Å². The Labute approximate surface area is 144 Å². The largest absolute Gasteiger partial charge is 0.497 e. The van der Waals surface area contributed by atoms with E-state index in [1.807, 2.05) is 29.2 Å². The Bertz CT molecular complexity index is 622. The molecule has 130 valence electrons. The van der Waals surface area contributed by atoms with Crippen molar-refractivity contribution >= 4 is 0 Å². The Hall–Kier alpha value is -1.85. The van der Waals surface area contributed by atoms with E-state index in [1.165, 1.54) is 18.4 Å². The molecular formula is C19H27N3O2. The van der Waals surface area contributed by atoms with E-state index in [1.54, 1.807) is 7.11 Å². The fraction of sp³-hybridized carbons (Fsp3) is 0.526. The van der Waals surface area contributed by atoms with Crippen LogP contribution in [0.4, 0.5) is 0 Å². The third-order valence-corrected chi connectivity index (χ3v) is 4.46. The zero-order chi connectivity index (χ0) is 16.8. The molecule has 2 aromatic rings. The molecule has 0 saturated carbocycles. The van der Waals surface area contributed by atoms with Crippen LogP contribution in [0.3, 0.4) is 0 Å². The highest BCUT2D eigenvalue weighted by Gasteiger charge is 2.20. The number of aromatic nitrogens is 2. The SMILES string of the molecule is CCCN(Cc1cc(OC)ccc1-n1cccn1)C[C@H]1CCCO1. The molecule has 2 heterocycles. The van der Waals surface area contributed by atoms with Gasteiger partial charge in [-0.25, -0.2) is 4.68 Å². The molecule has 1 saturated heterocycles. The summed E-state index contributed by atoms with van der Waals surface area (Å²) >= 11 is 0. The highest BCUT2D eigenvalue weighted by Crippen LogP contribution is 2.23. The van der Waals surface area contributed by atoms with Crippen molar-refractivity contribution in [2.45, 2.75) is 38.8 Å². The molecule has 0 amide bonds. The number of hydrogen-bond acceptors (Lipinski definition) is 4. The Morgan fingerprint density at radius 1 is 1.42 bits per heavy atom. The second-order valence-corrected chi connectivity index (χ2v) is 6.32. The van der Waals surface area contributed by atoms with Gasteiger partial charge in [-0.05, 0) is 55.6 Å². The van der Waals surface area contributed by atoms with Gasteiger partial charge in [0.1, 0.15) is 5.75 Å². The van der Waals surface area contributed by atoms with Crippen LogP contribution in [-0.2, 0) is 11.3 Å². The molecule has 1 atom stereocenters. The monoisotopic (exact) mass is 329 g/mol. The van der Waals surface area contributed by atoms with Crippen LogP contribution in [0.1, 0.15) is 31.7 Å². The summed E-state index contributed by atoms with van der Waals surface area (Å²) in [4.78, 5) is 2.48. The molecule has 1 fully saturated rings. The molecule has 3 rings (SSSR count). The Kier molecular flexibility index (Phi) is 5.88. The summed E-state index contributed by atoms with van der Waals surface area (Å²) in [7, 11) is 1.71. The normalized spacial score (nSPS) is 17.5. The molecule has 1 aliphatic rings. The molecule has 0 aliphatic carbocycles. The van der Waals surface area contributed by atoms with Crippen molar-refractivity contribution in [3.8, 4) is 11.4 Å². The summed E-state index contributed by atoms with van der Waals surface area (Å²) in [5.41, 5.74) is 2.33. The maximum Gasteiger partial charge on any atom is 0.119 e. The van der Waals surface area contributed by atoms with Gasteiger partial charge >= 0.3 is 0 Å². The number of hydrogen-bond donors (Lipinski definition) is 0. The van der Waals surface area contributed by atoms with Gasteiger partial charge in [0.2, 0.25) is 0 Å². The van der Waals surface area contributed by atoms with Crippen molar-refractivity contribution in [1.82, 2.24) is 14.7 Å². The number of rotatable bonds is 8. The van der Waals surface area contributed by atoms with Crippen molar-refractivity contribution in [3.05, 3.63) is 42.2 Å². The van der Waals surface area contributed by atoms with Crippen LogP contribution < -0.4 is 4.74 Å². The molecule has 5 heteroatoms. The Morgan fingerprint density at radius 3 is 3.00 bits per heavy atom. The minimum Gasteiger partial charge on any atom is -0.497 e. The lowest BCUT2D eigenvalue weighted by Gasteiger charge is -2.26. The molecule has 0 unspecified atom stereocenters. The van der Waals surface area contributed by atoms with Crippen LogP contribution in [0.5, 0.6) is 5.75 Å². The highest BCUT2D eigenvalue weighted by atomic mass is 16.5. The first kappa shape index (κ1) is 17.0. The van der Waals surface area contributed by atoms with Gasteiger partial charge in [0, 0.05) is 32.1 Å². The zero-order valence-electron chi connectivity index (χ0n) is 14.6. The smallest absolute Gasteiger partial charge is 0.119 e. The van der Waals surface area contributed by atoms with Gasteiger partial charge in [-0.3, -0.25) is 4.90 Å². The molecule has 0 bridgehead atoms. The van der Waals surface area contributed by atoms with E-state index in [9.17, 15) is 0 Å². The molecule has 1 aromatic heterocycles. The molecule has 5 nitrogen and oxygen atoms in total. The number of ether oxygens (including phenoxy) is 2. The maximum absolute atomic E-state index is 5.83. The molecule has 0 radical (unpaired) electrons. The van der Waals surface area contributed by atoms with Gasteiger partial charge in [-0.15, -0.1) is 0 Å². The molecule has 1 aromatic carbocycles. The molecule has 0 N–H and O–H groups in total. The van der Waals surface area contributed by atoms with Gasteiger partial charge in [0.15, 0.2) is 0 Å². The van der Waals surface area contributed by atoms with Crippen molar-refractivity contribution < 1.29 is 9.47 Å². The predicted octanol–water partition coefficient (Wildman–Crippen LogP) is 3.27. The van der Waals surface area contributed by atoms with Crippen LogP contribution in [0.25, 0.3) is 5.69 Å². The van der Waals surface area contributed by atoms with E-state index in [0.717, 1.165) is 44.1 Å². The van der Waals surface area contributed by atoms with Crippen LogP contribution in [0.2, 0.25) is 0 Å². The maximum atomic E-state index is 5.83. The zero-order valence-corrected chi connectivity index (χ0v) is 14.6. The summed E-state index contributed by atoms with van der Waals surface area (Å²) in [5.74, 6) is 0.884. The highest BCUT2D eigenvalue weighted by molar-refractivity contribution is 5.45. The summed E-state index contributed by atoms with van der Waals surface area (Å²) in [6.45, 7) is 6.06. The van der Waals surface area contributed by atoms with E-state index in [-0.39, 0.29) is 0 Å². The van der Waals surface area contributed by atoms with Gasteiger partial charge in [0.05, 0.1) is 18.9 Å². The fourth-order valence-electron chi connectivity index (χ4n) is 3.32. The average Bonchev–Trinajstić information content (AvgIpc) is 3.28. The lowest BCUT2D eigenvalue weighted by molar-refractivity contribution is 0.0706. The third-order valence-electron chi connectivity index (χ3n) is 4.46. The first-order valence-corrected chi connectivity index (χ1v) is 8.81. The summed E-state index contributed by atoms with van der Waals surface area (Å²) < 4.78 is 13.2. The first-order valence-electron chi connectivity index (χ1n) is 8.81. The van der Waals surface area contributed by atoms with E-state index >= 15 is 0 Å². The van der Waals surface area contributed by atoms with Crippen molar-refractivity contribution in [1.29, 1.82) is 0 Å². The van der Waals surface area contributed by atoms with Crippen LogP contribution in [-0.4, -0.2) is 47.6 Å². The quantitative estimate of drug-likeness (QED) is 0.745. The van der Waals surface area contributed by atoms with Crippen LogP contribution in [0.15, 0.2) is 36.7 Å². The number of methoxy groups -OCH3 is 1. The molecular weight excluding hydrogens is 302 g/mol. The Morgan fingerprint density at radius 2 is 2.33 bits per heavy atom. The first-order chi connectivity index (χ1) is 11.8. The molecule has 1 aliphatic heterocycles. The van der Waals surface area contributed by atoms with Crippen molar-refractivity contribution in [3.63, 3.8) is 0 Å². The van der Waals surface area contributed by atoms with Gasteiger partial charge < -0.3 is 9.47 Å². The van der Waals surface area contributed by atoms with Gasteiger partial charge in [-0.1, -0.05) is 6.92 Å². The predicted molar refractivity (Wildman–Crippen MR) is 94.7 cm³/mol. The van der Waals surface area contributed by atoms with E-state index in [4.69, 9.17) is 9.47 Å². The van der Waals surface area contributed by atoms with Crippen molar-refractivity contribution in [2.24, 2.45) is 0 Å². The lowest BCUT2D eigenvalue weighted by Crippen LogP contribution is -2.32. The third kappa shape index (κ3) is 4.16. The fourth-order valence-corrected chi connectivity index (χ4v) is 3.32. The standard InChI is InChI=1S/C19H27N3O2/c1-3-10-21(15-18-6-4-12-24-18)14-16-13-17(23-2)7-8-19(16)22-11-5-9-20-22/h5,7-9,11,13,18H,3-4,6,10,12,14-15H2,1-2H3/t18-/m1/s1. The summed E-state index contributed by atoms with van der Waals surface area (Å²) in [6, 6.07) is 8.14. The summed E-state index contributed by atoms with van der Waals surface area (Å²) in [5, 5.41) is 4.39. The Balaban J connectivity index is 1.82. The van der Waals surface area contributed by atoms with E-state index in [2.05, 4.69) is 29.1 Å². The van der Waals surface area contributed by atoms with E-state index < -0.39 is 0 Å². The second kappa shape index (κ2) is 8.31. The topological polar surface area (TPSA) is 39.5 Å². The van der Waals surface area contributed by atoms with E-state index in [0.29, 0.717) is 6.10 Å². The van der Waals surface area contributed by atoms with Gasteiger partial charge in [0.25, 0.3) is 0 Å². The minimum atomic E-state index is 0.371. The number of nitrogens with zero attached hydrogens (tertiary/aromatic N) is 3. The molecule has 24 heavy (non-hydrogen) atoms. The van der Waals surface area contributed by atoms with Crippen molar-refractivity contribution in [2.75, 3.05) is 26.8 Å². The minimum absolute atomic E-state index is 0.371. The van der Waals surface area contributed by atoms with Gasteiger partial charge in [-0.2, -0.15) is 5.10 Å². The number of benzene rings is 1. The van der Waals surface area contributed by atoms with Crippen LogP contribution in [0, 0.1) is 0 Å².